The first-order valence-electron chi connectivity index (χ1n) is 19.9. The molecule has 1 heterocycles. The van der Waals surface area contributed by atoms with Crippen LogP contribution in [0.25, 0.3) is 82.4 Å². The maximum absolute atomic E-state index is 2.43. The van der Waals surface area contributed by atoms with Crippen molar-refractivity contribution < 1.29 is 0 Å². The van der Waals surface area contributed by atoms with E-state index in [9.17, 15) is 0 Å². The number of hydrogen-bond donors (Lipinski definition) is 0. The van der Waals surface area contributed by atoms with E-state index >= 15 is 0 Å². The molecule has 11 aromatic rings. The van der Waals surface area contributed by atoms with E-state index < -0.39 is 0 Å². The van der Waals surface area contributed by atoms with Crippen LogP contribution < -0.4 is 4.90 Å². The molecule has 0 N–H and O–H groups in total. The molecule has 0 saturated carbocycles. The summed E-state index contributed by atoms with van der Waals surface area (Å²) in [6.45, 7) is 0. The van der Waals surface area contributed by atoms with Crippen molar-refractivity contribution >= 4 is 60.4 Å². The predicted octanol–water partition coefficient (Wildman–Crippen LogP) is 15.6. The number of aromatic nitrogens is 1. The van der Waals surface area contributed by atoms with Crippen molar-refractivity contribution in [2.45, 2.75) is 0 Å². The Bertz CT molecular complexity index is 3290. The molecule has 0 unspecified atom stereocenters. The van der Waals surface area contributed by atoms with Crippen LogP contribution >= 0.6 is 0 Å². The summed E-state index contributed by atoms with van der Waals surface area (Å²) in [6.07, 6.45) is 0. The Hall–Kier alpha value is -7.68. The standard InChI is InChI=1S/C56H38N2/c1-3-15-41(16-4-1)51-22-9-11-24-54(51)57(50-32-33-53-52-23-10-12-25-55(52)58(56(53)38-50)48-20-5-2-6-21-48)49-31-30-40-27-29-46(36-47(40)37-49)44-19-13-18-43(35-44)45-28-26-39-14-7-8-17-42(39)34-45/h1-38H. The van der Waals surface area contributed by atoms with Crippen molar-refractivity contribution in [3.8, 4) is 39.1 Å². The second-order valence-corrected chi connectivity index (χ2v) is 15.0. The molecule has 272 valence electrons. The van der Waals surface area contributed by atoms with Crippen LogP contribution in [-0.4, -0.2) is 4.57 Å². The Morgan fingerprint density at radius 2 is 0.845 bits per heavy atom. The largest absolute Gasteiger partial charge is 0.310 e. The lowest BCUT2D eigenvalue weighted by atomic mass is 9.96. The summed E-state index contributed by atoms with van der Waals surface area (Å²) in [5.74, 6) is 0. The van der Waals surface area contributed by atoms with Crippen molar-refractivity contribution in [3.63, 3.8) is 0 Å². The van der Waals surface area contributed by atoms with Gasteiger partial charge < -0.3 is 9.47 Å². The van der Waals surface area contributed by atoms with Crippen LogP contribution in [0.4, 0.5) is 17.1 Å². The summed E-state index contributed by atoms with van der Waals surface area (Å²) in [5.41, 5.74) is 14.0. The number of benzene rings is 10. The quantitative estimate of drug-likeness (QED) is 0.158. The Morgan fingerprint density at radius 1 is 0.293 bits per heavy atom. The highest BCUT2D eigenvalue weighted by atomic mass is 15.1. The van der Waals surface area contributed by atoms with E-state index in [-0.39, 0.29) is 0 Å². The van der Waals surface area contributed by atoms with E-state index in [1.165, 1.54) is 76.7 Å². The molecule has 0 fully saturated rings. The number of hydrogen-bond acceptors (Lipinski definition) is 1. The maximum Gasteiger partial charge on any atom is 0.0561 e. The summed E-state index contributed by atoms with van der Waals surface area (Å²) < 4.78 is 2.40. The maximum atomic E-state index is 2.43. The lowest BCUT2D eigenvalue weighted by Gasteiger charge is -2.28. The molecule has 11 rings (SSSR count). The highest BCUT2D eigenvalue weighted by Crippen LogP contribution is 2.44. The van der Waals surface area contributed by atoms with E-state index in [0.29, 0.717) is 0 Å². The molecule has 58 heavy (non-hydrogen) atoms. The van der Waals surface area contributed by atoms with Crippen LogP contribution in [-0.2, 0) is 0 Å². The lowest BCUT2D eigenvalue weighted by Crippen LogP contribution is -2.11. The number of rotatable bonds is 7. The third-order valence-electron chi connectivity index (χ3n) is 11.5. The van der Waals surface area contributed by atoms with Gasteiger partial charge in [-0.15, -0.1) is 0 Å². The van der Waals surface area contributed by atoms with Gasteiger partial charge in [0.1, 0.15) is 0 Å². The Kier molecular flexibility index (Phi) is 8.19. The average Bonchev–Trinajstić information content (AvgIpc) is 3.63. The van der Waals surface area contributed by atoms with Gasteiger partial charge in [-0.2, -0.15) is 0 Å². The van der Waals surface area contributed by atoms with Gasteiger partial charge in [0.25, 0.3) is 0 Å². The highest BCUT2D eigenvalue weighted by Gasteiger charge is 2.20. The van der Waals surface area contributed by atoms with Crippen molar-refractivity contribution in [2.75, 3.05) is 4.90 Å². The first-order chi connectivity index (χ1) is 28.7. The molecule has 0 amide bonds. The van der Waals surface area contributed by atoms with Gasteiger partial charge >= 0.3 is 0 Å². The van der Waals surface area contributed by atoms with E-state index in [2.05, 4.69) is 240 Å². The van der Waals surface area contributed by atoms with Gasteiger partial charge in [-0.05, 0) is 116 Å². The lowest BCUT2D eigenvalue weighted by molar-refractivity contribution is 1.18. The van der Waals surface area contributed by atoms with Crippen molar-refractivity contribution in [3.05, 3.63) is 231 Å². The van der Waals surface area contributed by atoms with Crippen LogP contribution in [0.5, 0.6) is 0 Å². The molecule has 0 bridgehead atoms. The monoisotopic (exact) mass is 738 g/mol. The minimum Gasteiger partial charge on any atom is -0.310 e. The molecular formula is C56H38N2. The topological polar surface area (TPSA) is 8.17 Å². The first kappa shape index (κ1) is 33.6. The van der Waals surface area contributed by atoms with Crippen LogP contribution in [0.1, 0.15) is 0 Å². The minimum atomic E-state index is 1.09. The Labute approximate surface area is 338 Å². The second-order valence-electron chi connectivity index (χ2n) is 15.0. The first-order valence-corrected chi connectivity index (χ1v) is 19.9. The van der Waals surface area contributed by atoms with Gasteiger partial charge in [-0.25, -0.2) is 0 Å². The van der Waals surface area contributed by atoms with Crippen LogP contribution in [0.2, 0.25) is 0 Å². The van der Waals surface area contributed by atoms with Crippen molar-refractivity contribution in [2.24, 2.45) is 0 Å². The molecule has 10 aromatic carbocycles. The third kappa shape index (κ3) is 5.91. The van der Waals surface area contributed by atoms with Gasteiger partial charge in [0.05, 0.1) is 16.7 Å². The Balaban J connectivity index is 1.08. The van der Waals surface area contributed by atoms with Crippen LogP contribution in [0.3, 0.4) is 0 Å². The third-order valence-corrected chi connectivity index (χ3v) is 11.5. The van der Waals surface area contributed by atoms with Gasteiger partial charge in [0.15, 0.2) is 0 Å². The van der Waals surface area contributed by atoms with E-state index in [1.54, 1.807) is 0 Å². The summed E-state index contributed by atoms with van der Waals surface area (Å²) in [5, 5.41) is 7.37. The van der Waals surface area contributed by atoms with E-state index in [0.717, 1.165) is 22.7 Å². The summed E-state index contributed by atoms with van der Waals surface area (Å²) >= 11 is 0. The molecule has 0 radical (unpaired) electrons. The SMILES string of the molecule is c1ccc(-c2ccccc2N(c2ccc3ccc(-c4cccc(-c5ccc6ccccc6c5)c4)cc3c2)c2ccc3c4ccccc4n(-c4ccccc4)c3c2)cc1. The van der Waals surface area contributed by atoms with Crippen molar-refractivity contribution in [1.29, 1.82) is 0 Å². The smallest absolute Gasteiger partial charge is 0.0561 e. The summed E-state index contributed by atoms with van der Waals surface area (Å²) in [4.78, 5) is 2.43. The molecule has 0 aliphatic heterocycles. The highest BCUT2D eigenvalue weighted by molar-refractivity contribution is 6.10. The zero-order chi connectivity index (χ0) is 38.4. The molecule has 0 aliphatic rings. The average molecular weight is 739 g/mol. The fourth-order valence-electron chi connectivity index (χ4n) is 8.71. The molecule has 0 saturated heterocycles. The van der Waals surface area contributed by atoms with E-state index in [4.69, 9.17) is 0 Å². The number of para-hydroxylation sites is 3. The van der Waals surface area contributed by atoms with E-state index in [1.807, 2.05) is 0 Å². The zero-order valence-electron chi connectivity index (χ0n) is 31.8. The van der Waals surface area contributed by atoms with Crippen LogP contribution in [0.15, 0.2) is 231 Å². The molecule has 2 heteroatoms. The Morgan fingerprint density at radius 3 is 1.66 bits per heavy atom. The molecule has 0 aliphatic carbocycles. The molecule has 2 nitrogen and oxygen atoms in total. The van der Waals surface area contributed by atoms with Gasteiger partial charge in [0, 0.05) is 33.4 Å². The molecule has 1 aromatic heterocycles. The fourth-order valence-corrected chi connectivity index (χ4v) is 8.71. The van der Waals surface area contributed by atoms with Crippen LogP contribution in [0, 0.1) is 0 Å². The zero-order valence-corrected chi connectivity index (χ0v) is 31.8. The van der Waals surface area contributed by atoms with Gasteiger partial charge in [-0.1, -0.05) is 164 Å². The normalized spacial score (nSPS) is 11.4. The minimum absolute atomic E-state index is 1.09. The number of fused-ring (bicyclic) bond motifs is 5. The second kappa shape index (κ2) is 14.1. The van der Waals surface area contributed by atoms with Crippen molar-refractivity contribution in [1.82, 2.24) is 4.57 Å². The summed E-state index contributed by atoms with van der Waals surface area (Å²) in [6, 6.07) is 83.8. The molecule has 0 atom stereocenters. The number of anilines is 3. The van der Waals surface area contributed by atoms with Gasteiger partial charge in [0.2, 0.25) is 0 Å². The molecule has 0 spiro atoms. The fraction of sp³-hybridized carbons (Fsp3) is 0. The van der Waals surface area contributed by atoms with Gasteiger partial charge in [-0.3, -0.25) is 0 Å². The predicted molar refractivity (Wildman–Crippen MR) is 247 cm³/mol. The summed E-state index contributed by atoms with van der Waals surface area (Å²) in [7, 11) is 0. The number of nitrogens with zero attached hydrogens (tertiary/aromatic N) is 2. The molecular weight excluding hydrogens is 701 g/mol.